The van der Waals surface area contributed by atoms with Gasteiger partial charge in [0.2, 0.25) is 16.3 Å². The summed E-state index contributed by atoms with van der Waals surface area (Å²) < 4.78 is 37.5. The Labute approximate surface area is 204 Å². The third kappa shape index (κ3) is 22.5. The molecule has 0 spiro atoms. The number of carboxylic acids is 1. The van der Waals surface area contributed by atoms with E-state index in [9.17, 15) is 22.6 Å². The van der Waals surface area contributed by atoms with Crippen molar-refractivity contribution in [3.8, 4) is 0 Å². The maximum atomic E-state index is 11.5. The number of rotatable bonds is 19. The van der Waals surface area contributed by atoms with E-state index in [-0.39, 0.29) is 41.9 Å². The Kier molecular flexibility index (Phi) is 20.8. The second-order valence-electron chi connectivity index (χ2n) is 7.77. The minimum Gasteiger partial charge on any atom is -0.726 e. The van der Waals surface area contributed by atoms with Crippen LogP contribution in [0.1, 0.15) is 96.3 Å². The van der Waals surface area contributed by atoms with Gasteiger partial charge >= 0.3 is 35.5 Å². The van der Waals surface area contributed by atoms with E-state index in [1.165, 1.54) is 0 Å². The zero-order chi connectivity index (χ0) is 22.1. The summed E-state index contributed by atoms with van der Waals surface area (Å²) >= 11 is 0. The maximum Gasteiger partial charge on any atom is 1.00 e. The predicted molar refractivity (Wildman–Crippen MR) is 110 cm³/mol. The Balaban J connectivity index is 0. The van der Waals surface area contributed by atoms with Crippen LogP contribution in [-0.4, -0.2) is 55.1 Å². The summed E-state index contributed by atoms with van der Waals surface area (Å²) in [5.41, 5.74) is 0. The van der Waals surface area contributed by atoms with Crippen molar-refractivity contribution in [3.63, 3.8) is 0 Å². The van der Waals surface area contributed by atoms with Crippen molar-refractivity contribution in [1.29, 1.82) is 0 Å². The summed E-state index contributed by atoms with van der Waals surface area (Å²) in [6, 6.07) is 0. The Morgan fingerprint density at radius 1 is 0.833 bits per heavy atom. The minimum absolute atomic E-state index is 0. The topological polar surface area (TPSA) is 124 Å². The van der Waals surface area contributed by atoms with E-state index in [1.54, 1.807) is 19.0 Å². The minimum atomic E-state index is -4.71. The molecule has 0 aromatic carbocycles. The van der Waals surface area contributed by atoms with Crippen LogP contribution in [-0.2, 0) is 24.2 Å². The summed E-state index contributed by atoms with van der Waals surface area (Å²) in [5, 5.41) is 8.58. The third-order valence-corrected chi connectivity index (χ3v) is 5.34. The van der Waals surface area contributed by atoms with Crippen LogP contribution in [0.4, 0.5) is 0 Å². The maximum absolute atomic E-state index is 11.5. The fraction of sp³-hybridized carbons (Fsp3) is 0.900. The first-order chi connectivity index (χ1) is 13.6. The van der Waals surface area contributed by atoms with Crippen molar-refractivity contribution >= 4 is 22.3 Å². The zero-order valence-corrected chi connectivity index (χ0v) is 21.8. The summed E-state index contributed by atoms with van der Waals surface area (Å²) in [4.78, 5) is 23.5. The van der Waals surface area contributed by atoms with Gasteiger partial charge in [-0.15, -0.1) is 0 Å². The number of aliphatic carboxylic acids is 1. The average Bonchev–Trinajstić information content (AvgIpc) is 2.60. The quantitative estimate of drug-likeness (QED) is 0.131. The zero-order valence-electron chi connectivity index (χ0n) is 18.9. The molecule has 0 aliphatic carbocycles. The molecule has 0 saturated carbocycles. The summed E-state index contributed by atoms with van der Waals surface area (Å²) in [5.74, 6) is -0.646. The van der Waals surface area contributed by atoms with Crippen LogP contribution in [0.5, 0.6) is 0 Å². The standard InChI is InChI=1S/C20H39NO7S.Na/c1-21(2)19(22)16-12-8-4-3-6-10-14-18(28-29(25,26)27)15-11-7-5-9-13-17-20(23)24;/h18H,3-17H2,1-2H3,(H,23,24)(H,25,26,27);/q;+1/p-1. The van der Waals surface area contributed by atoms with Gasteiger partial charge in [0.25, 0.3) is 0 Å². The normalized spacial score (nSPS) is 12.2. The van der Waals surface area contributed by atoms with Gasteiger partial charge in [0.05, 0.1) is 6.10 Å². The Morgan fingerprint density at radius 2 is 1.23 bits per heavy atom. The molecule has 1 amide bonds. The number of nitrogens with zero attached hydrogens (tertiary/aromatic N) is 1. The van der Waals surface area contributed by atoms with Gasteiger partial charge in [-0.3, -0.25) is 13.8 Å². The molecule has 0 saturated heterocycles. The summed E-state index contributed by atoms with van der Waals surface area (Å²) in [6.07, 6.45) is 10.9. The van der Waals surface area contributed by atoms with E-state index in [1.807, 2.05) is 0 Å². The molecule has 0 radical (unpaired) electrons. The van der Waals surface area contributed by atoms with Gasteiger partial charge in [0, 0.05) is 26.9 Å². The van der Waals surface area contributed by atoms with E-state index >= 15 is 0 Å². The van der Waals surface area contributed by atoms with E-state index in [0.29, 0.717) is 25.7 Å². The van der Waals surface area contributed by atoms with Crippen LogP contribution in [0.2, 0.25) is 0 Å². The van der Waals surface area contributed by atoms with E-state index in [2.05, 4.69) is 4.18 Å². The molecule has 1 atom stereocenters. The molecule has 172 valence electrons. The number of carbonyl (C=O) groups is 2. The van der Waals surface area contributed by atoms with Crippen LogP contribution in [0, 0.1) is 0 Å². The van der Waals surface area contributed by atoms with E-state index in [0.717, 1.165) is 64.2 Å². The average molecular weight is 460 g/mol. The molecule has 0 aromatic rings. The Hall–Kier alpha value is -0.190. The Morgan fingerprint density at radius 3 is 1.63 bits per heavy atom. The molecule has 0 bridgehead atoms. The number of hydrogen-bond donors (Lipinski definition) is 1. The van der Waals surface area contributed by atoms with Crippen molar-refractivity contribution in [1.82, 2.24) is 4.90 Å². The van der Waals surface area contributed by atoms with Crippen molar-refractivity contribution in [3.05, 3.63) is 0 Å². The molecule has 0 aliphatic rings. The monoisotopic (exact) mass is 459 g/mol. The Bertz CT molecular complexity index is 555. The number of carboxylic acid groups (broad SMARTS) is 1. The van der Waals surface area contributed by atoms with Crippen LogP contribution in [0.3, 0.4) is 0 Å². The summed E-state index contributed by atoms with van der Waals surface area (Å²) in [7, 11) is -1.20. The number of carbonyl (C=O) groups excluding carboxylic acids is 1. The van der Waals surface area contributed by atoms with Crippen LogP contribution >= 0.6 is 0 Å². The van der Waals surface area contributed by atoms with Crippen LogP contribution < -0.4 is 29.6 Å². The molecule has 1 N–H and O–H groups in total. The second kappa shape index (κ2) is 19.5. The molecule has 0 rings (SSSR count). The predicted octanol–water partition coefficient (Wildman–Crippen LogP) is 0.860. The van der Waals surface area contributed by atoms with Gasteiger partial charge in [0.1, 0.15) is 0 Å². The first-order valence-corrected chi connectivity index (χ1v) is 12.0. The fourth-order valence-electron chi connectivity index (χ4n) is 3.16. The van der Waals surface area contributed by atoms with Crippen LogP contribution in [0.25, 0.3) is 0 Å². The van der Waals surface area contributed by atoms with Gasteiger partial charge < -0.3 is 14.6 Å². The van der Waals surface area contributed by atoms with Crippen molar-refractivity contribution in [2.24, 2.45) is 0 Å². The smallest absolute Gasteiger partial charge is 0.726 e. The number of unbranched alkanes of at least 4 members (excludes halogenated alkanes) is 9. The molecular weight excluding hydrogens is 421 g/mol. The SMILES string of the molecule is CN(C)C(=O)CCCCCCCCC(CCCCCCCC(=O)O)OS(=O)(=O)[O-].[Na+]. The molecule has 0 aliphatic heterocycles. The largest absolute Gasteiger partial charge is 1.00 e. The number of amides is 1. The molecule has 0 fully saturated rings. The first-order valence-electron chi connectivity index (χ1n) is 10.7. The van der Waals surface area contributed by atoms with Crippen molar-refractivity contribution in [2.45, 2.75) is 102 Å². The van der Waals surface area contributed by atoms with E-state index < -0.39 is 22.5 Å². The second-order valence-corrected chi connectivity index (χ2v) is 8.78. The third-order valence-electron chi connectivity index (χ3n) is 4.84. The molecule has 8 nitrogen and oxygen atoms in total. The summed E-state index contributed by atoms with van der Waals surface area (Å²) in [6.45, 7) is 0. The van der Waals surface area contributed by atoms with Crippen molar-refractivity contribution < 1.29 is 61.4 Å². The molecule has 0 heterocycles. The number of hydrogen-bond acceptors (Lipinski definition) is 6. The van der Waals surface area contributed by atoms with Gasteiger partial charge in [-0.25, -0.2) is 8.42 Å². The molecule has 10 heteroatoms. The molecular formula is C20H38NNaO7S. The molecule has 0 aromatic heterocycles. The molecule has 1 unspecified atom stereocenters. The van der Waals surface area contributed by atoms with Gasteiger partial charge in [-0.2, -0.15) is 0 Å². The first kappa shape index (κ1) is 32.0. The van der Waals surface area contributed by atoms with Gasteiger partial charge in [0.15, 0.2) is 0 Å². The molecule has 30 heavy (non-hydrogen) atoms. The van der Waals surface area contributed by atoms with E-state index in [4.69, 9.17) is 5.11 Å². The van der Waals surface area contributed by atoms with Crippen LogP contribution in [0.15, 0.2) is 0 Å². The van der Waals surface area contributed by atoms with Gasteiger partial charge in [-0.05, 0) is 25.7 Å². The van der Waals surface area contributed by atoms with Crippen molar-refractivity contribution in [2.75, 3.05) is 14.1 Å². The fourth-order valence-corrected chi connectivity index (χ4v) is 3.69. The van der Waals surface area contributed by atoms with Gasteiger partial charge in [-0.1, -0.05) is 57.8 Å².